The van der Waals surface area contributed by atoms with Gasteiger partial charge in [-0.05, 0) is 50.6 Å². The molecule has 8 nitrogen and oxygen atoms in total. The van der Waals surface area contributed by atoms with Crippen LogP contribution in [0.3, 0.4) is 0 Å². The molecule has 1 fully saturated rings. The van der Waals surface area contributed by atoms with Crippen LogP contribution in [-0.4, -0.2) is 71.5 Å². The highest BCUT2D eigenvalue weighted by Gasteiger charge is 2.30. The summed E-state index contributed by atoms with van der Waals surface area (Å²) < 4.78 is 7.11. The van der Waals surface area contributed by atoms with Crippen molar-refractivity contribution < 1.29 is 14.3 Å². The first-order chi connectivity index (χ1) is 14.1. The topological polar surface area (TPSA) is 79.7 Å². The summed E-state index contributed by atoms with van der Waals surface area (Å²) in [5.41, 5.74) is 1.89. The van der Waals surface area contributed by atoms with Gasteiger partial charge in [0.1, 0.15) is 5.75 Å². The van der Waals surface area contributed by atoms with Crippen LogP contribution in [0, 0.1) is 0 Å². The third-order valence-corrected chi connectivity index (χ3v) is 5.66. The molecule has 0 bridgehead atoms. The summed E-state index contributed by atoms with van der Waals surface area (Å²) in [6.07, 6.45) is 2.75. The lowest BCUT2D eigenvalue weighted by Crippen LogP contribution is -2.47. The van der Waals surface area contributed by atoms with Gasteiger partial charge in [0.05, 0.1) is 12.8 Å². The van der Waals surface area contributed by atoms with Crippen LogP contribution in [0.15, 0.2) is 24.3 Å². The van der Waals surface area contributed by atoms with Gasteiger partial charge in [-0.25, -0.2) is 4.98 Å². The Labute approximate surface area is 170 Å². The van der Waals surface area contributed by atoms with Crippen molar-refractivity contribution in [3.8, 4) is 5.75 Å². The van der Waals surface area contributed by atoms with E-state index < -0.39 is 0 Å². The summed E-state index contributed by atoms with van der Waals surface area (Å²) in [6, 6.07) is 7.16. The number of piperazine rings is 1. The molecule has 2 amide bonds. The number of rotatable bonds is 4. The number of benzene rings is 1. The number of imidazole rings is 1. The van der Waals surface area contributed by atoms with Gasteiger partial charge in [0, 0.05) is 38.4 Å². The average Bonchev–Trinajstić information content (AvgIpc) is 3.14. The minimum absolute atomic E-state index is 0.0789. The Kier molecular flexibility index (Phi) is 5.53. The van der Waals surface area contributed by atoms with Crippen molar-refractivity contribution in [1.82, 2.24) is 19.4 Å². The molecule has 0 saturated carbocycles. The minimum atomic E-state index is -0.279. The van der Waals surface area contributed by atoms with Gasteiger partial charge in [0.15, 0.2) is 11.5 Å². The van der Waals surface area contributed by atoms with E-state index in [1.54, 1.807) is 31.4 Å². The van der Waals surface area contributed by atoms with Gasteiger partial charge >= 0.3 is 0 Å². The second-order valence-electron chi connectivity index (χ2n) is 7.62. The zero-order valence-electron chi connectivity index (χ0n) is 17.0. The van der Waals surface area contributed by atoms with E-state index in [1.165, 1.54) is 0 Å². The van der Waals surface area contributed by atoms with Crippen molar-refractivity contribution in [2.75, 3.05) is 45.7 Å². The van der Waals surface area contributed by atoms with E-state index >= 15 is 0 Å². The molecule has 29 heavy (non-hydrogen) atoms. The maximum Gasteiger partial charge on any atom is 0.289 e. The number of nitrogens with zero attached hydrogens (tertiary/aromatic N) is 4. The minimum Gasteiger partial charge on any atom is -0.497 e. The number of hydrogen-bond acceptors (Lipinski definition) is 5. The Morgan fingerprint density at radius 3 is 2.45 bits per heavy atom. The number of aromatic nitrogens is 2. The lowest BCUT2D eigenvalue weighted by molar-refractivity contribution is 0.0645. The van der Waals surface area contributed by atoms with Crippen LogP contribution < -0.4 is 10.1 Å². The maximum atomic E-state index is 13.1. The van der Waals surface area contributed by atoms with Gasteiger partial charge in [-0.2, -0.15) is 0 Å². The quantitative estimate of drug-likeness (QED) is 0.852. The van der Waals surface area contributed by atoms with E-state index in [9.17, 15) is 9.59 Å². The van der Waals surface area contributed by atoms with E-state index in [0.29, 0.717) is 30.3 Å². The zero-order chi connectivity index (χ0) is 20.4. The molecular formula is C21H27N5O3. The number of nitrogens with one attached hydrogen (secondary N) is 1. The second-order valence-corrected chi connectivity index (χ2v) is 7.62. The smallest absolute Gasteiger partial charge is 0.289 e. The van der Waals surface area contributed by atoms with Crippen LogP contribution in [0.5, 0.6) is 5.75 Å². The molecule has 0 unspecified atom stereocenters. The van der Waals surface area contributed by atoms with Gasteiger partial charge in [0.2, 0.25) is 0 Å². The van der Waals surface area contributed by atoms with Crippen LogP contribution in [-0.2, 0) is 13.0 Å². The number of anilines is 1. The van der Waals surface area contributed by atoms with Crippen LogP contribution in [0.2, 0.25) is 0 Å². The predicted molar refractivity (Wildman–Crippen MR) is 110 cm³/mol. The normalized spacial score (nSPS) is 17.0. The van der Waals surface area contributed by atoms with Crippen molar-refractivity contribution in [3.63, 3.8) is 0 Å². The first-order valence-electron chi connectivity index (χ1n) is 10.1. The standard InChI is InChI=1S/C21H27N5O3/c1-24-11-13-25(14-12-24)21(28)19-23-18(17-5-3-4-10-26(17)19)20(27)22-15-6-8-16(29-2)9-7-15/h6-9H,3-5,10-14H2,1-2H3,(H,22,27). The second kappa shape index (κ2) is 8.24. The van der Waals surface area contributed by atoms with Gasteiger partial charge in [-0.3, -0.25) is 9.59 Å². The SMILES string of the molecule is COc1ccc(NC(=O)c2nc(C(=O)N3CCN(C)CC3)n3c2CCCC3)cc1. The van der Waals surface area contributed by atoms with E-state index in [-0.39, 0.29) is 11.8 Å². The van der Waals surface area contributed by atoms with Crippen molar-refractivity contribution in [2.45, 2.75) is 25.8 Å². The highest BCUT2D eigenvalue weighted by atomic mass is 16.5. The number of ether oxygens (including phenoxy) is 1. The molecule has 154 valence electrons. The third kappa shape index (κ3) is 3.98. The highest BCUT2D eigenvalue weighted by molar-refractivity contribution is 6.05. The van der Waals surface area contributed by atoms with Crippen LogP contribution >= 0.6 is 0 Å². The van der Waals surface area contributed by atoms with Crippen molar-refractivity contribution >= 4 is 17.5 Å². The van der Waals surface area contributed by atoms with Gasteiger partial charge in [-0.15, -0.1) is 0 Å². The number of fused-ring (bicyclic) bond motifs is 1. The molecule has 3 heterocycles. The van der Waals surface area contributed by atoms with E-state index in [2.05, 4.69) is 22.2 Å². The number of amides is 2. The molecule has 1 saturated heterocycles. The molecule has 2 aromatic rings. The summed E-state index contributed by atoms with van der Waals surface area (Å²) in [5, 5.41) is 2.90. The summed E-state index contributed by atoms with van der Waals surface area (Å²) >= 11 is 0. The fraction of sp³-hybridized carbons (Fsp3) is 0.476. The molecule has 8 heteroatoms. The predicted octanol–water partition coefficient (Wildman–Crippen LogP) is 1.87. The number of methoxy groups -OCH3 is 1. The molecule has 0 spiro atoms. The summed E-state index contributed by atoms with van der Waals surface area (Å²) in [5.74, 6) is 0.759. The number of likely N-dealkylation sites (N-methyl/N-ethyl adjacent to an activating group) is 1. The summed E-state index contributed by atoms with van der Waals surface area (Å²) in [4.78, 5) is 34.7. The highest BCUT2D eigenvalue weighted by Crippen LogP contribution is 2.24. The fourth-order valence-corrected chi connectivity index (χ4v) is 3.90. The molecule has 1 aromatic carbocycles. The lowest BCUT2D eigenvalue weighted by Gasteiger charge is -2.32. The monoisotopic (exact) mass is 397 g/mol. The summed E-state index contributed by atoms with van der Waals surface area (Å²) in [7, 11) is 3.66. The molecule has 0 radical (unpaired) electrons. The van der Waals surface area contributed by atoms with Gasteiger partial charge in [-0.1, -0.05) is 0 Å². The Hall–Kier alpha value is -2.87. The number of carbonyl (C=O) groups excluding carboxylic acids is 2. The van der Waals surface area contributed by atoms with Crippen molar-refractivity contribution in [3.05, 3.63) is 41.5 Å². The molecular weight excluding hydrogens is 370 g/mol. The van der Waals surface area contributed by atoms with Gasteiger partial charge < -0.3 is 24.4 Å². The maximum absolute atomic E-state index is 13.1. The van der Waals surface area contributed by atoms with Gasteiger partial charge in [0.25, 0.3) is 11.8 Å². The molecule has 1 N–H and O–H groups in total. The third-order valence-electron chi connectivity index (χ3n) is 5.66. The first kappa shape index (κ1) is 19.4. The number of carbonyl (C=O) groups is 2. The molecule has 4 rings (SSSR count). The number of hydrogen-bond donors (Lipinski definition) is 1. The van der Waals surface area contributed by atoms with E-state index in [4.69, 9.17) is 4.74 Å². The van der Waals surface area contributed by atoms with E-state index in [0.717, 1.165) is 50.3 Å². The van der Waals surface area contributed by atoms with Crippen molar-refractivity contribution in [1.29, 1.82) is 0 Å². The lowest BCUT2D eigenvalue weighted by atomic mass is 10.1. The Balaban J connectivity index is 1.58. The average molecular weight is 397 g/mol. The molecule has 0 aliphatic carbocycles. The molecule has 2 aliphatic heterocycles. The Morgan fingerprint density at radius 1 is 1.03 bits per heavy atom. The Bertz CT molecular complexity index is 898. The van der Waals surface area contributed by atoms with Crippen LogP contribution in [0.1, 0.15) is 39.6 Å². The summed E-state index contributed by atoms with van der Waals surface area (Å²) in [6.45, 7) is 3.80. The fourth-order valence-electron chi connectivity index (χ4n) is 3.90. The first-order valence-corrected chi connectivity index (χ1v) is 10.1. The van der Waals surface area contributed by atoms with Crippen molar-refractivity contribution in [2.24, 2.45) is 0 Å². The van der Waals surface area contributed by atoms with Crippen LogP contribution in [0.25, 0.3) is 0 Å². The largest absolute Gasteiger partial charge is 0.497 e. The zero-order valence-corrected chi connectivity index (χ0v) is 17.0. The molecule has 0 atom stereocenters. The molecule has 2 aliphatic rings. The Morgan fingerprint density at radius 2 is 1.76 bits per heavy atom. The van der Waals surface area contributed by atoms with Crippen LogP contribution in [0.4, 0.5) is 5.69 Å². The molecule has 1 aromatic heterocycles. The van der Waals surface area contributed by atoms with E-state index in [1.807, 2.05) is 9.47 Å².